The topological polar surface area (TPSA) is 57.6 Å². The van der Waals surface area contributed by atoms with E-state index in [1.54, 1.807) is 4.90 Å². The van der Waals surface area contributed by atoms with E-state index in [1.807, 2.05) is 0 Å². The molecule has 0 unspecified atom stereocenters. The highest BCUT2D eigenvalue weighted by atomic mass is 16.4. The van der Waals surface area contributed by atoms with Crippen LogP contribution in [0, 0.1) is 16.7 Å². The third kappa shape index (κ3) is 1.35. The second kappa shape index (κ2) is 3.22. The van der Waals surface area contributed by atoms with Crippen molar-refractivity contribution < 1.29 is 14.7 Å². The van der Waals surface area contributed by atoms with Gasteiger partial charge in [-0.15, -0.1) is 0 Å². The maximum atomic E-state index is 11.4. The zero-order valence-electron chi connectivity index (χ0n) is 10.1. The van der Waals surface area contributed by atoms with Crippen molar-refractivity contribution in [2.75, 3.05) is 13.1 Å². The molecular weight excluding hydrogens is 206 g/mol. The predicted octanol–water partition coefficient (Wildman–Crippen LogP) is 1.36. The van der Waals surface area contributed by atoms with Crippen molar-refractivity contribution in [3.05, 3.63) is 0 Å². The zero-order valence-corrected chi connectivity index (χ0v) is 10.1. The van der Waals surface area contributed by atoms with Crippen LogP contribution in [0.25, 0.3) is 0 Å². The monoisotopic (exact) mass is 225 g/mol. The molecule has 0 radical (unpaired) electrons. The molecule has 1 amide bonds. The van der Waals surface area contributed by atoms with E-state index in [1.165, 1.54) is 6.92 Å². The number of hydrogen-bond acceptors (Lipinski definition) is 2. The van der Waals surface area contributed by atoms with Crippen LogP contribution in [0.1, 0.15) is 33.6 Å². The minimum atomic E-state index is -0.741. The molecule has 90 valence electrons. The van der Waals surface area contributed by atoms with Crippen molar-refractivity contribution >= 4 is 11.9 Å². The highest BCUT2D eigenvalue weighted by Gasteiger charge is 2.64. The SMILES string of the molecule is CC(=O)N1CC2(C(=O)O)CC(C(C)C)(C1)C2. The largest absolute Gasteiger partial charge is 0.481 e. The predicted molar refractivity (Wildman–Crippen MR) is 58.8 cm³/mol. The minimum Gasteiger partial charge on any atom is -0.481 e. The number of piperidine rings is 2. The van der Waals surface area contributed by atoms with Gasteiger partial charge in [0.2, 0.25) is 5.91 Å². The molecule has 0 spiro atoms. The van der Waals surface area contributed by atoms with Gasteiger partial charge in [-0.05, 0) is 24.2 Å². The second-order valence-corrected chi connectivity index (χ2v) is 5.83. The Bertz CT molecular complexity index is 337. The Morgan fingerprint density at radius 1 is 1.25 bits per heavy atom. The van der Waals surface area contributed by atoms with Gasteiger partial charge in [0, 0.05) is 20.0 Å². The van der Waals surface area contributed by atoms with Crippen molar-refractivity contribution in [1.29, 1.82) is 0 Å². The van der Waals surface area contributed by atoms with E-state index < -0.39 is 11.4 Å². The first-order valence-corrected chi connectivity index (χ1v) is 5.80. The number of carbonyl (C=O) groups is 2. The van der Waals surface area contributed by atoms with Gasteiger partial charge in [-0.2, -0.15) is 0 Å². The number of aliphatic carboxylic acids is 1. The summed E-state index contributed by atoms with van der Waals surface area (Å²) in [5.74, 6) is -0.313. The van der Waals surface area contributed by atoms with E-state index in [0.29, 0.717) is 12.5 Å². The summed E-state index contributed by atoms with van der Waals surface area (Å²) in [5.41, 5.74) is -0.615. The van der Waals surface area contributed by atoms with Crippen LogP contribution in [0.5, 0.6) is 0 Å². The van der Waals surface area contributed by atoms with Gasteiger partial charge in [-0.1, -0.05) is 13.8 Å². The van der Waals surface area contributed by atoms with Crippen molar-refractivity contribution in [2.45, 2.75) is 33.6 Å². The van der Waals surface area contributed by atoms with Crippen LogP contribution in [0.3, 0.4) is 0 Å². The quantitative estimate of drug-likeness (QED) is 0.772. The van der Waals surface area contributed by atoms with Crippen molar-refractivity contribution in [1.82, 2.24) is 4.90 Å². The van der Waals surface area contributed by atoms with Crippen molar-refractivity contribution in [2.24, 2.45) is 16.7 Å². The Kier molecular flexibility index (Phi) is 2.30. The minimum absolute atomic E-state index is 0.00458. The van der Waals surface area contributed by atoms with Crippen LogP contribution in [-0.4, -0.2) is 35.0 Å². The molecule has 2 heterocycles. The molecule has 2 bridgehead atoms. The normalized spacial score (nSPS) is 37.1. The number of rotatable bonds is 2. The molecule has 1 N–H and O–H groups in total. The molecule has 1 aliphatic carbocycles. The maximum absolute atomic E-state index is 11.4. The Morgan fingerprint density at radius 3 is 2.19 bits per heavy atom. The average Bonchev–Trinajstić information content (AvgIpc) is 2.15. The summed E-state index contributed by atoms with van der Waals surface area (Å²) < 4.78 is 0. The van der Waals surface area contributed by atoms with Crippen LogP contribution < -0.4 is 0 Å². The number of carboxylic acids is 1. The van der Waals surface area contributed by atoms with E-state index in [0.717, 1.165) is 19.4 Å². The van der Waals surface area contributed by atoms with E-state index >= 15 is 0 Å². The van der Waals surface area contributed by atoms with E-state index in [-0.39, 0.29) is 11.3 Å². The zero-order chi connectivity index (χ0) is 12.1. The highest BCUT2D eigenvalue weighted by Crippen LogP contribution is 2.62. The molecule has 16 heavy (non-hydrogen) atoms. The second-order valence-electron chi connectivity index (χ2n) is 5.83. The molecule has 4 nitrogen and oxygen atoms in total. The number of carbonyl (C=O) groups excluding carboxylic acids is 1. The lowest BCUT2D eigenvalue weighted by atomic mass is 9.46. The summed E-state index contributed by atoms with van der Waals surface area (Å²) >= 11 is 0. The first-order chi connectivity index (χ1) is 7.31. The number of hydrogen-bond donors (Lipinski definition) is 1. The molecule has 1 saturated carbocycles. The Morgan fingerprint density at radius 2 is 1.81 bits per heavy atom. The molecule has 0 aromatic heterocycles. The van der Waals surface area contributed by atoms with Gasteiger partial charge in [0.1, 0.15) is 0 Å². The van der Waals surface area contributed by atoms with Gasteiger partial charge in [0.25, 0.3) is 0 Å². The fourth-order valence-electron chi connectivity index (χ4n) is 3.35. The van der Waals surface area contributed by atoms with E-state index in [4.69, 9.17) is 0 Å². The number of amides is 1. The summed E-state index contributed by atoms with van der Waals surface area (Å²) in [4.78, 5) is 24.4. The molecule has 2 saturated heterocycles. The lowest BCUT2D eigenvalue weighted by Crippen LogP contribution is -2.68. The third-order valence-corrected chi connectivity index (χ3v) is 4.50. The summed E-state index contributed by atoms with van der Waals surface area (Å²) in [6.45, 7) is 6.89. The fraction of sp³-hybridized carbons (Fsp3) is 0.833. The molecule has 3 aliphatic rings. The average molecular weight is 225 g/mol. The van der Waals surface area contributed by atoms with Gasteiger partial charge in [-0.3, -0.25) is 9.59 Å². The van der Waals surface area contributed by atoms with Gasteiger partial charge < -0.3 is 10.0 Å². The standard InChI is InChI=1S/C12H19NO3/c1-8(2)11-4-12(5-11,10(15)16)7-13(6-11)9(3)14/h8H,4-7H2,1-3H3,(H,15,16). The Labute approximate surface area is 95.6 Å². The molecule has 0 aromatic carbocycles. The van der Waals surface area contributed by atoms with Crippen LogP contribution >= 0.6 is 0 Å². The van der Waals surface area contributed by atoms with Crippen LogP contribution in [0.4, 0.5) is 0 Å². The van der Waals surface area contributed by atoms with Crippen molar-refractivity contribution in [3.8, 4) is 0 Å². The van der Waals surface area contributed by atoms with Gasteiger partial charge in [-0.25, -0.2) is 0 Å². The van der Waals surface area contributed by atoms with E-state index in [9.17, 15) is 14.7 Å². The van der Waals surface area contributed by atoms with Crippen molar-refractivity contribution in [3.63, 3.8) is 0 Å². The summed E-state index contributed by atoms with van der Waals surface area (Å²) in [6.07, 6.45) is 1.47. The Hall–Kier alpha value is -1.06. The van der Waals surface area contributed by atoms with Gasteiger partial charge >= 0.3 is 5.97 Å². The summed E-state index contributed by atoms with van der Waals surface area (Å²) in [6, 6.07) is 0. The van der Waals surface area contributed by atoms with Gasteiger partial charge in [0.05, 0.1) is 5.41 Å². The molecule has 4 heteroatoms. The van der Waals surface area contributed by atoms with Crippen LogP contribution in [-0.2, 0) is 9.59 Å². The smallest absolute Gasteiger partial charge is 0.311 e. The molecule has 2 aliphatic heterocycles. The van der Waals surface area contributed by atoms with E-state index in [2.05, 4.69) is 13.8 Å². The lowest BCUT2D eigenvalue weighted by Gasteiger charge is -2.63. The molecule has 3 rings (SSSR count). The third-order valence-electron chi connectivity index (χ3n) is 4.50. The first kappa shape index (κ1) is 11.4. The molecule has 3 fully saturated rings. The number of nitrogens with zero attached hydrogens (tertiary/aromatic N) is 1. The Balaban J connectivity index is 2.25. The molecule has 0 atom stereocenters. The first-order valence-electron chi connectivity index (χ1n) is 5.80. The number of carboxylic acid groups (broad SMARTS) is 1. The lowest BCUT2D eigenvalue weighted by molar-refractivity contribution is -0.196. The molecular formula is C12H19NO3. The molecule has 0 aromatic rings. The summed E-state index contributed by atoms with van der Waals surface area (Å²) in [7, 11) is 0. The fourth-order valence-corrected chi connectivity index (χ4v) is 3.35. The number of fused-ring (bicyclic) bond motifs is 2. The highest BCUT2D eigenvalue weighted by molar-refractivity contribution is 5.80. The summed E-state index contributed by atoms with van der Waals surface area (Å²) in [5, 5.41) is 9.29. The maximum Gasteiger partial charge on any atom is 0.311 e. The van der Waals surface area contributed by atoms with Crippen LogP contribution in [0.2, 0.25) is 0 Å². The van der Waals surface area contributed by atoms with Crippen LogP contribution in [0.15, 0.2) is 0 Å². The van der Waals surface area contributed by atoms with Gasteiger partial charge in [0.15, 0.2) is 0 Å².